The van der Waals surface area contributed by atoms with Crippen LogP contribution in [-0.2, 0) is 65.4 Å². The van der Waals surface area contributed by atoms with Crippen molar-refractivity contribution in [1.82, 2.24) is 0 Å². The first kappa shape index (κ1) is 98.9. The van der Waals surface area contributed by atoms with Crippen LogP contribution in [0.25, 0.3) is 0 Å². The third kappa shape index (κ3) is 75.2. The normalized spacial score (nSPS) is 14.6. The van der Waals surface area contributed by atoms with E-state index in [1.54, 1.807) is 0 Å². The molecule has 0 saturated carbocycles. The summed E-state index contributed by atoms with van der Waals surface area (Å²) in [6, 6.07) is 0. The molecule has 0 amide bonds. The van der Waals surface area contributed by atoms with Crippen LogP contribution in [0.4, 0.5) is 0 Å². The van der Waals surface area contributed by atoms with Crippen LogP contribution in [0.15, 0.2) is 146 Å². The van der Waals surface area contributed by atoms with Crippen LogP contribution in [0.5, 0.6) is 0 Å². The maximum absolute atomic E-state index is 13.1. The van der Waals surface area contributed by atoms with Gasteiger partial charge in [0.1, 0.15) is 19.3 Å². The second kappa shape index (κ2) is 76.1. The van der Waals surface area contributed by atoms with E-state index in [0.717, 1.165) is 193 Å². The van der Waals surface area contributed by atoms with Gasteiger partial charge in [0.05, 0.1) is 26.4 Å². The Morgan fingerprint density at radius 2 is 0.500 bits per heavy atom. The van der Waals surface area contributed by atoms with Gasteiger partial charge < -0.3 is 33.8 Å². The lowest BCUT2D eigenvalue weighted by Gasteiger charge is -2.21. The van der Waals surface area contributed by atoms with E-state index in [-0.39, 0.29) is 25.7 Å². The van der Waals surface area contributed by atoms with Crippen molar-refractivity contribution in [3.63, 3.8) is 0 Å². The molecule has 19 heteroatoms. The van der Waals surface area contributed by atoms with Crippen LogP contribution >= 0.6 is 15.6 Å². The van der Waals surface area contributed by atoms with Gasteiger partial charge in [-0.3, -0.25) is 37.3 Å². The molecule has 0 radical (unpaired) electrons. The van der Waals surface area contributed by atoms with E-state index >= 15 is 0 Å². The maximum Gasteiger partial charge on any atom is 0.472 e. The van der Waals surface area contributed by atoms with Crippen molar-refractivity contribution >= 4 is 39.5 Å². The van der Waals surface area contributed by atoms with E-state index in [0.29, 0.717) is 25.7 Å². The summed E-state index contributed by atoms with van der Waals surface area (Å²) >= 11 is 0. The second-order valence-electron chi connectivity index (χ2n) is 26.2. The van der Waals surface area contributed by atoms with Crippen molar-refractivity contribution < 1.29 is 80.2 Å². The quantitative estimate of drug-likeness (QED) is 0.0169. The van der Waals surface area contributed by atoms with Crippen molar-refractivity contribution in [2.75, 3.05) is 39.6 Å². The minimum atomic E-state index is -5.00. The van der Waals surface area contributed by atoms with Gasteiger partial charge in [-0.1, -0.05) is 270 Å². The summed E-state index contributed by atoms with van der Waals surface area (Å²) in [7, 11) is -9.99. The van der Waals surface area contributed by atoms with Crippen LogP contribution in [0.2, 0.25) is 0 Å². The van der Waals surface area contributed by atoms with Gasteiger partial charge >= 0.3 is 39.5 Å². The molecule has 104 heavy (non-hydrogen) atoms. The molecule has 594 valence electrons. The van der Waals surface area contributed by atoms with Gasteiger partial charge in [-0.05, 0) is 161 Å². The average Bonchev–Trinajstić information content (AvgIpc) is 0.918. The SMILES string of the molecule is CC/C=C\C/C=C\C/C=C\C/C=C\CCCCCCCCC(=O)OCC(COP(=O)(O)OCC(O)COP(=O)(O)OCC(COC(=O)CCCC/C=C\C/C=C\C/C=C\C/C=C\CC)OC(=O)CCCCCCC/C=C\C/C=C\C/C=C\CC)OC(=O)CCCCCCC/C=C\CCCCCCCC. The third-order valence-corrected chi connectivity index (χ3v) is 18.2. The topological polar surface area (TPSA) is 237 Å². The Balaban J connectivity index is 5.42. The minimum absolute atomic E-state index is 0.0621. The summed E-state index contributed by atoms with van der Waals surface area (Å²) in [6.07, 6.45) is 86.8. The Morgan fingerprint density at radius 3 is 0.798 bits per heavy atom. The van der Waals surface area contributed by atoms with Crippen molar-refractivity contribution in [3.05, 3.63) is 146 Å². The molecule has 0 aliphatic heterocycles. The number of aliphatic hydroxyl groups is 1. The maximum atomic E-state index is 13.1. The highest BCUT2D eigenvalue weighted by molar-refractivity contribution is 7.47. The molecule has 3 N–H and O–H groups in total. The fourth-order valence-electron chi connectivity index (χ4n) is 10.3. The molecule has 0 fully saturated rings. The number of ether oxygens (including phenoxy) is 4. The number of phosphoric ester groups is 2. The van der Waals surface area contributed by atoms with Gasteiger partial charge in [-0.15, -0.1) is 0 Å². The lowest BCUT2D eigenvalue weighted by Crippen LogP contribution is -2.30. The summed E-state index contributed by atoms with van der Waals surface area (Å²) < 4.78 is 68.6. The highest BCUT2D eigenvalue weighted by atomic mass is 31.2. The van der Waals surface area contributed by atoms with Crippen molar-refractivity contribution in [1.29, 1.82) is 0 Å². The molecule has 0 aliphatic carbocycles. The average molecular weight is 1500 g/mol. The molecule has 0 spiro atoms. The monoisotopic (exact) mass is 1500 g/mol. The first-order chi connectivity index (χ1) is 50.7. The number of carbonyl (C=O) groups is 4. The molecule has 0 aromatic rings. The molecule has 5 unspecified atom stereocenters. The van der Waals surface area contributed by atoms with Gasteiger partial charge in [0.2, 0.25) is 0 Å². The Bertz CT molecular complexity index is 2540. The van der Waals surface area contributed by atoms with Crippen LogP contribution in [0.1, 0.15) is 310 Å². The number of allylic oxidation sites excluding steroid dienone is 24. The standard InChI is InChI=1S/C85H142O17P2/c1-5-9-13-17-21-25-29-33-37-38-39-40-44-46-50-54-58-62-66-70-83(88)96-76-81(102-85(90)72-68-64-60-56-52-48-43-36-32-28-24-20-16-12-8-4)78-100-104(93,94)98-74-79(86)73-97-103(91,92)99-77-80(101-84(89)71-67-63-59-55-51-47-42-35-31-27-23-19-15-11-7-3)75-95-82(87)69-65-61-57-53-49-45-41-34-30-26-22-18-14-10-6-2/h9-11,13-15,21-23,25-27,33-37,39-43,49,53,79-81,86H,5-8,12,16-20,24,28-32,38,44-48,50-52,54-78H2,1-4H3,(H,91,92)(H,93,94)/b13-9-,14-10-,15-11-,25-21-,26-22-,27-23-,37-33-,40-39-,41-34-,42-35-,43-36-,53-49-. The summed E-state index contributed by atoms with van der Waals surface area (Å²) in [5, 5.41) is 10.6. The number of rotatable bonds is 74. The summed E-state index contributed by atoms with van der Waals surface area (Å²) in [5.41, 5.74) is 0. The Labute approximate surface area is 630 Å². The second-order valence-corrected chi connectivity index (χ2v) is 29.1. The molecule has 0 rings (SSSR count). The summed E-state index contributed by atoms with van der Waals surface area (Å²) in [4.78, 5) is 73.0. The largest absolute Gasteiger partial charge is 0.472 e. The predicted molar refractivity (Wildman–Crippen MR) is 427 cm³/mol. The molecule has 0 aromatic carbocycles. The number of hydrogen-bond donors (Lipinski definition) is 3. The number of aliphatic hydroxyl groups excluding tert-OH is 1. The third-order valence-electron chi connectivity index (χ3n) is 16.3. The number of esters is 4. The van der Waals surface area contributed by atoms with Gasteiger partial charge in [0.15, 0.2) is 12.2 Å². The van der Waals surface area contributed by atoms with Gasteiger partial charge in [0.25, 0.3) is 0 Å². The molecule has 0 aliphatic rings. The van der Waals surface area contributed by atoms with Crippen LogP contribution < -0.4 is 0 Å². The Hall–Kier alpha value is -5.06. The molecule has 0 saturated heterocycles. The molecule has 0 bridgehead atoms. The van der Waals surface area contributed by atoms with Crippen LogP contribution in [0.3, 0.4) is 0 Å². The summed E-state index contributed by atoms with van der Waals surface area (Å²) in [5.74, 6) is -2.27. The lowest BCUT2D eigenvalue weighted by atomic mass is 10.1. The fourth-order valence-corrected chi connectivity index (χ4v) is 11.8. The zero-order valence-corrected chi connectivity index (χ0v) is 66.7. The number of phosphoric acid groups is 2. The Kier molecular flexibility index (Phi) is 72.4. The zero-order chi connectivity index (χ0) is 76.0. The minimum Gasteiger partial charge on any atom is -0.462 e. The molecule has 5 atom stereocenters. The molecule has 17 nitrogen and oxygen atoms in total. The van der Waals surface area contributed by atoms with Gasteiger partial charge in [0, 0.05) is 25.7 Å². The van der Waals surface area contributed by atoms with E-state index in [1.807, 2.05) is 0 Å². The number of hydrogen-bond acceptors (Lipinski definition) is 15. The van der Waals surface area contributed by atoms with E-state index in [9.17, 15) is 43.2 Å². The van der Waals surface area contributed by atoms with Crippen LogP contribution in [-0.4, -0.2) is 96.7 Å². The number of carbonyl (C=O) groups excluding carboxylic acids is 4. The molecule has 0 aromatic heterocycles. The zero-order valence-electron chi connectivity index (χ0n) is 64.9. The molecular weight excluding hydrogens is 1350 g/mol. The Morgan fingerprint density at radius 1 is 0.279 bits per heavy atom. The van der Waals surface area contributed by atoms with Crippen LogP contribution in [0, 0.1) is 0 Å². The summed E-state index contributed by atoms with van der Waals surface area (Å²) in [6.45, 7) is 4.45. The first-order valence-corrected chi connectivity index (χ1v) is 43.1. The number of unbranched alkanes of at least 4 members (excludes halogenated alkanes) is 24. The first-order valence-electron chi connectivity index (χ1n) is 40.1. The van der Waals surface area contributed by atoms with Crippen molar-refractivity contribution in [2.45, 2.75) is 329 Å². The van der Waals surface area contributed by atoms with E-state index in [4.69, 9.17) is 37.0 Å². The highest BCUT2D eigenvalue weighted by Gasteiger charge is 2.30. The van der Waals surface area contributed by atoms with Gasteiger partial charge in [-0.25, -0.2) is 9.13 Å². The van der Waals surface area contributed by atoms with Crippen molar-refractivity contribution in [2.24, 2.45) is 0 Å². The van der Waals surface area contributed by atoms with Crippen molar-refractivity contribution in [3.8, 4) is 0 Å². The smallest absolute Gasteiger partial charge is 0.462 e. The fraction of sp³-hybridized carbons (Fsp3) is 0.671. The van der Waals surface area contributed by atoms with E-state index < -0.39 is 97.5 Å². The van der Waals surface area contributed by atoms with E-state index in [2.05, 4.69) is 174 Å². The molecule has 0 heterocycles. The predicted octanol–water partition coefficient (Wildman–Crippen LogP) is 23.4. The highest BCUT2D eigenvalue weighted by Crippen LogP contribution is 2.45. The molecular formula is C85H142O17P2. The van der Waals surface area contributed by atoms with Gasteiger partial charge in [-0.2, -0.15) is 0 Å². The van der Waals surface area contributed by atoms with E-state index in [1.165, 1.54) is 38.5 Å². The lowest BCUT2D eigenvalue weighted by molar-refractivity contribution is -0.161.